The first-order chi connectivity index (χ1) is 10.3. The van der Waals surface area contributed by atoms with Crippen LogP contribution in [-0.2, 0) is 20.9 Å². The van der Waals surface area contributed by atoms with E-state index in [0.29, 0.717) is 32.1 Å². The molecule has 8 nitrogen and oxygen atoms in total. The maximum atomic E-state index is 12.3. The van der Waals surface area contributed by atoms with E-state index in [1.54, 1.807) is 16.5 Å². The highest BCUT2D eigenvalue weighted by atomic mass is 16.5. The molecule has 8 heteroatoms. The van der Waals surface area contributed by atoms with Crippen molar-refractivity contribution in [1.29, 1.82) is 0 Å². The van der Waals surface area contributed by atoms with E-state index < -0.39 is 5.60 Å². The molecule has 22 heavy (non-hydrogen) atoms. The number of hydrogen-bond donors (Lipinski definition) is 1. The van der Waals surface area contributed by atoms with Crippen molar-refractivity contribution in [3.05, 3.63) is 11.6 Å². The predicted molar refractivity (Wildman–Crippen MR) is 79.1 cm³/mol. The van der Waals surface area contributed by atoms with E-state index in [1.807, 2.05) is 13.8 Å². The topological polar surface area (TPSA) is 89.4 Å². The molecule has 1 saturated heterocycles. The molecule has 122 valence electrons. The molecular weight excluding hydrogens is 286 g/mol. The van der Waals surface area contributed by atoms with Crippen LogP contribution in [0.15, 0.2) is 0 Å². The number of carbonyl (C=O) groups excluding carboxylic acids is 2. The van der Waals surface area contributed by atoms with Gasteiger partial charge < -0.3 is 15.0 Å². The highest BCUT2D eigenvalue weighted by Gasteiger charge is 2.39. The number of rotatable bonds is 4. The fourth-order valence-corrected chi connectivity index (χ4v) is 2.51. The van der Waals surface area contributed by atoms with Gasteiger partial charge in [0.2, 0.25) is 5.91 Å². The van der Waals surface area contributed by atoms with Crippen molar-refractivity contribution in [2.45, 2.75) is 39.8 Å². The zero-order valence-corrected chi connectivity index (χ0v) is 13.5. The van der Waals surface area contributed by atoms with Crippen molar-refractivity contribution in [3.8, 4) is 0 Å². The van der Waals surface area contributed by atoms with Gasteiger partial charge in [-0.15, -0.1) is 0 Å². The maximum Gasteiger partial charge on any atom is 0.253 e. The van der Waals surface area contributed by atoms with Crippen LogP contribution in [0.2, 0.25) is 0 Å². The third-order valence-electron chi connectivity index (χ3n) is 3.77. The number of nitrogens with zero attached hydrogens (tertiary/aromatic N) is 4. The van der Waals surface area contributed by atoms with Gasteiger partial charge in [-0.05, 0) is 20.8 Å². The minimum atomic E-state index is -1.00. The fraction of sp³-hybridized carbons (Fsp3) is 0.714. The summed E-state index contributed by atoms with van der Waals surface area (Å²) < 4.78 is 7.35. The van der Waals surface area contributed by atoms with Crippen LogP contribution in [-0.4, -0.2) is 63.3 Å². The Kier molecular flexibility index (Phi) is 4.80. The highest BCUT2D eigenvalue weighted by molar-refractivity contribution is 5.86. The second-order valence-corrected chi connectivity index (χ2v) is 5.71. The summed E-state index contributed by atoms with van der Waals surface area (Å²) in [6.45, 7) is 9.05. The molecule has 0 spiro atoms. The molecule has 1 fully saturated rings. The van der Waals surface area contributed by atoms with Crippen LogP contribution < -0.4 is 5.32 Å². The molecule has 1 unspecified atom stereocenters. The zero-order chi connectivity index (χ0) is 16.3. The molecule has 1 aliphatic heterocycles. The lowest BCUT2D eigenvalue weighted by atomic mass is 10.0. The maximum absolute atomic E-state index is 12.3. The second-order valence-electron chi connectivity index (χ2n) is 5.71. The summed E-state index contributed by atoms with van der Waals surface area (Å²) in [6, 6.07) is 0. The summed E-state index contributed by atoms with van der Waals surface area (Å²) >= 11 is 0. The number of nitrogens with one attached hydrogen (secondary N) is 1. The summed E-state index contributed by atoms with van der Waals surface area (Å²) in [7, 11) is 0. The third-order valence-corrected chi connectivity index (χ3v) is 3.77. The molecule has 0 bridgehead atoms. The summed E-state index contributed by atoms with van der Waals surface area (Å²) in [5.41, 5.74) is -1.00. The molecule has 1 aliphatic rings. The Balaban J connectivity index is 1.88. The number of hydrogen-bond acceptors (Lipinski definition) is 5. The fourth-order valence-electron chi connectivity index (χ4n) is 2.51. The molecule has 1 aromatic heterocycles. The van der Waals surface area contributed by atoms with Crippen molar-refractivity contribution >= 4 is 11.8 Å². The van der Waals surface area contributed by atoms with Gasteiger partial charge in [-0.2, -0.15) is 5.10 Å². The lowest BCUT2D eigenvalue weighted by molar-refractivity contribution is -0.162. The quantitative estimate of drug-likeness (QED) is 0.821. The van der Waals surface area contributed by atoms with Gasteiger partial charge in [-0.3, -0.25) is 9.59 Å². The van der Waals surface area contributed by atoms with Gasteiger partial charge in [-0.25, -0.2) is 9.67 Å². The first-order valence-corrected chi connectivity index (χ1v) is 7.37. The van der Waals surface area contributed by atoms with Crippen molar-refractivity contribution in [2.75, 3.05) is 26.2 Å². The van der Waals surface area contributed by atoms with Crippen LogP contribution in [0.25, 0.3) is 0 Å². The number of aryl methyl sites for hydroxylation is 2. The van der Waals surface area contributed by atoms with E-state index in [-0.39, 0.29) is 18.4 Å². The monoisotopic (exact) mass is 309 g/mol. The minimum Gasteiger partial charge on any atom is -0.362 e. The van der Waals surface area contributed by atoms with E-state index in [1.165, 1.54) is 6.92 Å². The molecule has 1 aromatic rings. The Morgan fingerprint density at radius 1 is 1.41 bits per heavy atom. The first-order valence-electron chi connectivity index (χ1n) is 7.37. The molecule has 0 radical (unpaired) electrons. The summed E-state index contributed by atoms with van der Waals surface area (Å²) in [4.78, 5) is 29.7. The average Bonchev–Trinajstić information content (AvgIpc) is 2.77. The van der Waals surface area contributed by atoms with Gasteiger partial charge in [0.15, 0.2) is 5.60 Å². The first kappa shape index (κ1) is 16.4. The average molecular weight is 309 g/mol. The molecule has 1 N–H and O–H groups in total. The van der Waals surface area contributed by atoms with Gasteiger partial charge >= 0.3 is 0 Å². The van der Waals surface area contributed by atoms with Crippen molar-refractivity contribution < 1.29 is 14.3 Å². The Labute approximate surface area is 129 Å². The lowest BCUT2D eigenvalue weighted by Crippen LogP contribution is -2.59. The lowest BCUT2D eigenvalue weighted by Gasteiger charge is -2.38. The van der Waals surface area contributed by atoms with Crippen molar-refractivity contribution in [1.82, 2.24) is 25.0 Å². The molecular formula is C14H23N5O3. The van der Waals surface area contributed by atoms with E-state index in [0.717, 1.165) is 5.82 Å². The standard InChI is InChI=1S/C14H23N5O3/c1-10-16-11(2)19(17-10)6-5-15-13(21)14(4)9-18(12(3)20)7-8-22-14/h5-9H2,1-4H3,(H,15,21). The van der Waals surface area contributed by atoms with Gasteiger partial charge in [0.05, 0.1) is 19.7 Å². The smallest absolute Gasteiger partial charge is 0.253 e. The van der Waals surface area contributed by atoms with Crippen LogP contribution in [0.4, 0.5) is 0 Å². The minimum absolute atomic E-state index is 0.0453. The number of carbonyl (C=O) groups is 2. The highest BCUT2D eigenvalue weighted by Crippen LogP contribution is 2.18. The van der Waals surface area contributed by atoms with E-state index in [9.17, 15) is 9.59 Å². The van der Waals surface area contributed by atoms with Crippen LogP contribution >= 0.6 is 0 Å². The van der Waals surface area contributed by atoms with Crippen LogP contribution in [0.3, 0.4) is 0 Å². The molecule has 1 atom stereocenters. The Morgan fingerprint density at radius 3 is 2.73 bits per heavy atom. The van der Waals surface area contributed by atoms with Gasteiger partial charge in [0.25, 0.3) is 5.91 Å². The molecule has 0 saturated carbocycles. The number of ether oxygens (including phenoxy) is 1. The molecule has 0 aliphatic carbocycles. The van der Waals surface area contributed by atoms with E-state index in [4.69, 9.17) is 4.74 Å². The van der Waals surface area contributed by atoms with E-state index in [2.05, 4.69) is 15.4 Å². The number of amides is 2. The Hall–Kier alpha value is -1.96. The molecule has 0 aromatic carbocycles. The SMILES string of the molecule is CC(=O)N1CCOC(C)(C(=O)NCCn2nc(C)nc2C)C1. The van der Waals surface area contributed by atoms with Crippen LogP contribution in [0, 0.1) is 13.8 Å². The number of aromatic nitrogens is 3. The van der Waals surface area contributed by atoms with Gasteiger partial charge in [0.1, 0.15) is 11.6 Å². The van der Waals surface area contributed by atoms with Gasteiger partial charge in [0, 0.05) is 20.0 Å². The summed E-state index contributed by atoms with van der Waals surface area (Å²) in [6.07, 6.45) is 0. The third kappa shape index (κ3) is 3.62. The van der Waals surface area contributed by atoms with E-state index >= 15 is 0 Å². The molecule has 2 amide bonds. The molecule has 2 heterocycles. The Morgan fingerprint density at radius 2 is 2.14 bits per heavy atom. The molecule has 2 rings (SSSR count). The predicted octanol–water partition coefficient (Wildman–Crippen LogP) is -0.351. The normalized spacial score (nSPS) is 21.7. The Bertz CT molecular complexity index is 571. The summed E-state index contributed by atoms with van der Waals surface area (Å²) in [5, 5.41) is 7.09. The van der Waals surface area contributed by atoms with Crippen molar-refractivity contribution in [2.24, 2.45) is 0 Å². The zero-order valence-electron chi connectivity index (χ0n) is 13.5. The van der Waals surface area contributed by atoms with Crippen LogP contribution in [0.5, 0.6) is 0 Å². The van der Waals surface area contributed by atoms with Gasteiger partial charge in [-0.1, -0.05) is 0 Å². The van der Waals surface area contributed by atoms with Crippen molar-refractivity contribution in [3.63, 3.8) is 0 Å². The summed E-state index contributed by atoms with van der Waals surface area (Å²) in [5.74, 6) is 1.27. The van der Waals surface area contributed by atoms with Crippen LogP contribution in [0.1, 0.15) is 25.5 Å². The second kappa shape index (κ2) is 6.43. The number of morpholine rings is 1. The largest absolute Gasteiger partial charge is 0.362 e.